The topological polar surface area (TPSA) is 57.4 Å². The number of carbonyl (C=O) groups excluding carboxylic acids is 1. The highest BCUT2D eigenvalue weighted by atomic mass is 16.5. The number of para-hydroxylation sites is 1. The van der Waals surface area contributed by atoms with Crippen LogP contribution in [0.15, 0.2) is 30.5 Å². The Morgan fingerprint density at radius 2 is 2.32 bits per heavy atom. The standard InChI is InChI=1S/C17H23N3O2/c1-13-11-20(8-9-22-13)12-17(21)18-7-6-14-10-19-16-5-3-2-4-15(14)16/h2-5,10,13,19H,6-9,11-12H2,1H3,(H,18,21). The van der Waals surface area contributed by atoms with Gasteiger partial charge >= 0.3 is 0 Å². The molecule has 1 atom stereocenters. The van der Waals surface area contributed by atoms with E-state index in [1.54, 1.807) is 0 Å². The molecular weight excluding hydrogens is 278 g/mol. The molecular formula is C17H23N3O2. The maximum absolute atomic E-state index is 12.0. The van der Waals surface area contributed by atoms with Crippen molar-refractivity contribution >= 4 is 16.8 Å². The van der Waals surface area contributed by atoms with Crippen LogP contribution in [0.25, 0.3) is 10.9 Å². The Bertz CT molecular complexity index is 638. The molecule has 2 aromatic rings. The van der Waals surface area contributed by atoms with Crippen molar-refractivity contribution in [3.05, 3.63) is 36.0 Å². The number of morpholine rings is 1. The van der Waals surface area contributed by atoms with Crippen molar-refractivity contribution < 1.29 is 9.53 Å². The fraction of sp³-hybridized carbons (Fsp3) is 0.471. The molecule has 0 aliphatic carbocycles. The molecule has 1 aliphatic heterocycles. The number of rotatable bonds is 5. The summed E-state index contributed by atoms with van der Waals surface area (Å²) in [5.74, 6) is 0.0916. The third kappa shape index (κ3) is 3.67. The molecule has 0 spiro atoms. The molecule has 1 unspecified atom stereocenters. The van der Waals surface area contributed by atoms with Crippen LogP contribution in [0.1, 0.15) is 12.5 Å². The number of hydrogen-bond acceptors (Lipinski definition) is 3. The zero-order valence-electron chi connectivity index (χ0n) is 13.0. The number of ether oxygens (including phenoxy) is 1. The maximum atomic E-state index is 12.0. The van der Waals surface area contributed by atoms with E-state index in [-0.39, 0.29) is 12.0 Å². The molecule has 1 aromatic carbocycles. The number of nitrogens with one attached hydrogen (secondary N) is 2. The Hall–Kier alpha value is -1.85. The van der Waals surface area contributed by atoms with Gasteiger partial charge in [0.25, 0.3) is 0 Å². The summed E-state index contributed by atoms with van der Waals surface area (Å²) in [6.45, 7) is 5.54. The van der Waals surface area contributed by atoms with Gasteiger partial charge in [0, 0.05) is 36.7 Å². The minimum Gasteiger partial charge on any atom is -0.376 e. The lowest BCUT2D eigenvalue weighted by molar-refractivity contribution is -0.124. The minimum atomic E-state index is 0.0916. The van der Waals surface area contributed by atoms with Crippen LogP contribution in [0.2, 0.25) is 0 Å². The summed E-state index contributed by atoms with van der Waals surface area (Å²) in [6, 6.07) is 8.24. The molecule has 2 heterocycles. The van der Waals surface area contributed by atoms with Crippen molar-refractivity contribution in [1.82, 2.24) is 15.2 Å². The van der Waals surface area contributed by atoms with Gasteiger partial charge in [0.2, 0.25) is 5.91 Å². The van der Waals surface area contributed by atoms with Gasteiger partial charge in [0.1, 0.15) is 0 Å². The van der Waals surface area contributed by atoms with Crippen LogP contribution >= 0.6 is 0 Å². The molecule has 3 rings (SSSR count). The lowest BCUT2D eigenvalue weighted by Gasteiger charge is -2.30. The first-order chi connectivity index (χ1) is 10.7. The van der Waals surface area contributed by atoms with Crippen LogP contribution in [0.3, 0.4) is 0 Å². The average molecular weight is 301 g/mol. The first-order valence-corrected chi connectivity index (χ1v) is 7.88. The Balaban J connectivity index is 1.45. The Morgan fingerprint density at radius 3 is 3.18 bits per heavy atom. The van der Waals surface area contributed by atoms with Crippen molar-refractivity contribution in [3.8, 4) is 0 Å². The molecule has 5 nitrogen and oxygen atoms in total. The summed E-state index contributed by atoms with van der Waals surface area (Å²) in [7, 11) is 0. The Morgan fingerprint density at radius 1 is 1.45 bits per heavy atom. The molecule has 1 amide bonds. The van der Waals surface area contributed by atoms with Gasteiger partial charge in [-0.1, -0.05) is 18.2 Å². The second-order valence-corrected chi connectivity index (χ2v) is 5.88. The van der Waals surface area contributed by atoms with Crippen molar-refractivity contribution in [2.45, 2.75) is 19.4 Å². The van der Waals surface area contributed by atoms with Gasteiger partial charge in [0.15, 0.2) is 0 Å². The van der Waals surface area contributed by atoms with Gasteiger partial charge < -0.3 is 15.0 Å². The number of amides is 1. The van der Waals surface area contributed by atoms with E-state index in [1.807, 2.05) is 25.3 Å². The van der Waals surface area contributed by atoms with Crippen molar-refractivity contribution in [3.63, 3.8) is 0 Å². The molecule has 0 bridgehead atoms. The summed E-state index contributed by atoms with van der Waals surface area (Å²) in [4.78, 5) is 17.4. The lowest BCUT2D eigenvalue weighted by Crippen LogP contribution is -2.46. The summed E-state index contributed by atoms with van der Waals surface area (Å²) in [5.41, 5.74) is 2.39. The Kier molecular flexibility index (Phi) is 4.75. The average Bonchev–Trinajstić information content (AvgIpc) is 2.91. The van der Waals surface area contributed by atoms with Gasteiger partial charge in [-0.3, -0.25) is 9.69 Å². The van der Waals surface area contributed by atoms with Gasteiger partial charge in [-0.15, -0.1) is 0 Å². The van der Waals surface area contributed by atoms with Crippen molar-refractivity contribution in [2.75, 3.05) is 32.8 Å². The van der Waals surface area contributed by atoms with Gasteiger partial charge in [0.05, 0.1) is 19.3 Å². The highest BCUT2D eigenvalue weighted by molar-refractivity contribution is 5.83. The number of hydrogen-bond donors (Lipinski definition) is 2. The molecule has 22 heavy (non-hydrogen) atoms. The van der Waals surface area contributed by atoms with Gasteiger partial charge in [-0.05, 0) is 25.0 Å². The van der Waals surface area contributed by atoms with E-state index in [0.717, 1.165) is 25.0 Å². The number of fused-ring (bicyclic) bond motifs is 1. The molecule has 0 saturated carbocycles. The molecule has 1 aromatic heterocycles. The van der Waals surface area contributed by atoms with Gasteiger partial charge in [-0.25, -0.2) is 0 Å². The molecule has 1 aliphatic rings. The number of benzene rings is 1. The fourth-order valence-corrected chi connectivity index (χ4v) is 2.97. The van der Waals surface area contributed by atoms with Crippen LogP contribution in [0, 0.1) is 0 Å². The number of aromatic nitrogens is 1. The van der Waals surface area contributed by atoms with Crippen LogP contribution in [0.4, 0.5) is 0 Å². The third-order valence-electron chi connectivity index (χ3n) is 4.08. The van der Waals surface area contributed by atoms with E-state index in [0.29, 0.717) is 19.7 Å². The lowest BCUT2D eigenvalue weighted by atomic mass is 10.1. The molecule has 0 radical (unpaired) electrons. The van der Waals surface area contributed by atoms with Crippen molar-refractivity contribution in [2.24, 2.45) is 0 Å². The highest BCUT2D eigenvalue weighted by Gasteiger charge is 2.18. The van der Waals surface area contributed by atoms with Crippen LogP contribution < -0.4 is 5.32 Å². The summed E-state index contributed by atoms with van der Waals surface area (Å²) >= 11 is 0. The first kappa shape index (κ1) is 15.1. The third-order valence-corrected chi connectivity index (χ3v) is 4.08. The predicted molar refractivity (Wildman–Crippen MR) is 86.9 cm³/mol. The number of nitrogens with zero attached hydrogens (tertiary/aromatic N) is 1. The zero-order chi connectivity index (χ0) is 15.4. The quantitative estimate of drug-likeness (QED) is 0.881. The summed E-state index contributed by atoms with van der Waals surface area (Å²) in [6.07, 6.45) is 3.09. The van der Waals surface area contributed by atoms with Crippen LogP contribution in [-0.2, 0) is 16.0 Å². The SMILES string of the molecule is CC1CN(CC(=O)NCCc2c[nH]c3ccccc23)CCO1. The highest BCUT2D eigenvalue weighted by Crippen LogP contribution is 2.17. The second-order valence-electron chi connectivity index (χ2n) is 5.88. The smallest absolute Gasteiger partial charge is 0.234 e. The van der Waals surface area contributed by atoms with Crippen molar-refractivity contribution in [1.29, 1.82) is 0 Å². The minimum absolute atomic E-state index is 0.0916. The van der Waals surface area contributed by atoms with E-state index >= 15 is 0 Å². The van der Waals surface area contributed by atoms with Crippen LogP contribution in [-0.4, -0.2) is 54.7 Å². The second kappa shape index (κ2) is 6.94. The van der Waals surface area contributed by atoms with E-state index in [1.165, 1.54) is 10.9 Å². The van der Waals surface area contributed by atoms with Gasteiger partial charge in [-0.2, -0.15) is 0 Å². The Labute approximate surface area is 130 Å². The molecule has 1 saturated heterocycles. The molecule has 2 N–H and O–H groups in total. The molecule has 118 valence electrons. The van der Waals surface area contributed by atoms with E-state index in [4.69, 9.17) is 4.74 Å². The number of H-pyrrole nitrogens is 1. The zero-order valence-corrected chi connectivity index (χ0v) is 13.0. The predicted octanol–water partition coefficient (Wildman–Crippen LogP) is 1.55. The fourth-order valence-electron chi connectivity index (χ4n) is 2.97. The first-order valence-electron chi connectivity index (χ1n) is 7.88. The normalized spacial score (nSPS) is 19.4. The largest absolute Gasteiger partial charge is 0.376 e. The summed E-state index contributed by atoms with van der Waals surface area (Å²) in [5, 5.41) is 4.25. The maximum Gasteiger partial charge on any atom is 0.234 e. The van der Waals surface area contributed by atoms with E-state index < -0.39 is 0 Å². The summed E-state index contributed by atoms with van der Waals surface area (Å²) < 4.78 is 5.48. The van der Waals surface area contributed by atoms with E-state index in [2.05, 4.69) is 27.3 Å². The number of carbonyl (C=O) groups is 1. The van der Waals surface area contributed by atoms with E-state index in [9.17, 15) is 4.79 Å². The monoisotopic (exact) mass is 301 g/mol. The molecule has 5 heteroatoms. The number of aromatic amines is 1. The molecule has 1 fully saturated rings. The van der Waals surface area contributed by atoms with Crippen LogP contribution in [0.5, 0.6) is 0 Å².